The fourth-order valence-corrected chi connectivity index (χ4v) is 3.36. The second-order valence-electron chi connectivity index (χ2n) is 9.80. The molecule has 0 spiro atoms. The molecule has 0 heterocycles. The van der Waals surface area contributed by atoms with E-state index in [1.807, 2.05) is 74.4 Å². The lowest BCUT2D eigenvalue weighted by Crippen LogP contribution is -2.23. The molecule has 44 heavy (non-hydrogen) atoms. The highest BCUT2D eigenvalue weighted by atomic mass is 19.3. The normalized spacial score (nSPS) is 10.0. The van der Waals surface area contributed by atoms with E-state index in [9.17, 15) is 18.4 Å². The molecule has 1 unspecified atom stereocenters. The van der Waals surface area contributed by atoms with E-state index in [2.05, 4.69) is 61.7 Å². The fraction of sp³-hybridized carbons (Fsp3) is 0.550. The topological polar surface area (TPSA) is 34.1 Å². The maximum atomic E-state index is 12.7. The van der Waals surface area contributed by atoms with E-state index in [1.54, 1.807) is 6.92 Å². The smallest absolute Gasteiger partial charge is 0.248 e. The molecule has 0 N–H and O–H groups in total. The van der Waals surface area contributed by atoms with Crippen molar-refractivity contribution in [3.05, 3.63) is 77.4 Å². The second-order valence-corrected chi connectivity index (χ2v) is 9.80. The van der Waals surface area contributed by atoms with Crippen LogP contribution in [0.25, 0.3) is 5.57 Å². The maximum Gasteiger partial charge on any atom is 0.248 e. The number of hydrogen-bond donors (Lipinski definition) is 0. The van der Waals surface area contributed by atoms with Gasteiger partial charge < -0.3 is 0 Å². The average molecular weight is 615 g/mol. The van der Waals surface area contributed by atoms with Gasteiger partial charge >= 0.3 is 0 Å². The summed E-state index contributed by atoms with van der Waals surface area (Å²) in [4.78, 5) is 20.7. The number of carbonyl (C=O) groups is 2. The molecule has 0 aliphatic carbocycles. The Morgan fingerprint density at radius 2 is 1.16 bits per heavy atom. The number of hydrogen-bond acceptors (Lipinski definition) is 2. The van der Waals surface area contributed by atoms with E-state index < -0.39 is 17.8 Å². The Morgan fingerprint density at radius 3 is 1.41 bits per heavy atom. The third-order valence-electron chi connectivity index (χ3n) is 6.43. The third kappa shape index (κ3) is 24.4. The van der Waals surface area contributed by atoms with Gasteiger partial charge in [0.2, 0.25) is 5.92 Å². The van der Waals surface area contributed by atoms with Crippen LogP contribution in [0.15, 0.2) is 55.1 Å². The highest BCUT2D eigenvalue weighted by Gasteiger charge is 2.31. The SMILES string of the molecule is C=C(C)c1ccc(C#Cc2ccc(CC)cc2)cc1.CC.CC.CC.CC(=O)C(C)C(C)=O.CCCCC(CC)C(C)(F)F. The molecule has 2 aromatic rings. The van der Waals surface area contributed by atoms with Crippen LogP contribution in [0.3, 0.4) is 0 Å². The van der Waals surface area contributed by atoms with Gasteiger partial charge in [-0.3, -0.25) is 9.59 Å². The Kier molecular flexibility index (Phi) is 32.6. The molecule has 0 aromatic heterocycles. The molecule has 250 valence electrons. The Bertz CT molecular complexity index is 1040. The molecule has 2 aromatic carbocycles. The Balaban J connectivity index is -0.000000274. The second kappa shape index (κ2) is 30.0. The number of benzene rings is 2. The van der Waals surface area contributed by atoms with Crippen molar-refractivity contribution in [1.82, 2.24) is 0 Å². The van der Waals surface area contributed by atoms with Crippen LogP contribution in [0.4, 0.5) is 8.78 Å². The lowest BCUT2D eigenvalue weighted by Gasteiger charge is -2.21. The van der Waals surface area contributed by atoms with Gasteiger partial charge in [-0.05, 0) is 89.3 Å². The molecule has 0 saturated carbocycles. The molecule has 0 amide bonds. The molecule has 0 fully saturated rings. The first kappa shape index (κ1) is 47.9. The van der Waals surface area contributed by atoms with E-state index in [0.29, 0.717) is 12.8 Å². The van der Waals surface area contributed by atoms with Crippen LogP contribution in [-0.4, -0.2) is 17.5 Å². The molecule has 2 rings (SSSR count). The van der Waals surface area contributed by atoms with E-state index in [1.165, 1.54) is 19.4 Å². The van der Waals surface area contributed by atoms with E-state index in [4.69, 9.17) is 0 Å². The largest absolute Gasteiger partial charge is 0.299 e. The predicted molar refractivity (Wildman–Crippen MR) is 191 cm³/mol. The van der Waals surface area contributed by atoms with Gasteiger partial charge in [-0.1, -0.05) is 123 Å². The van der Waals surface area contributed by atoms with Gasteiger partial charge in [0.05, 0.1) is 5.92 Å². The zero-order chi connectivity index (χ0) is 35.3. The number of aryl methyl sites for hydroxylation is 1. The van der Waals surface area contributed by atoms with Gasteiger partial charge in [0.1, 0.15) is 11.6 Å². The van der Waals surface area contributed by atoms with Crippen LogP contribution in [0.1, 0.15) is 145 Å². The number of Topliss-reactive ketones (excluding diaryl/α,β-unsaturated/α-hetero) is 2. The lowest BCUT2D eigenvalue weighted by atomic mass is 9.94. The van der Waals surface area contributed by atoms with Crippen LogP contribution < -0.4 is 0 Å². The minimum absolute atomic E-state index is 0.0579. The highest BCUT2D eigenvalue weighted by Crippen LogP contribution is 2.30. The van der Waals surface area contributed by atoms with Gasteiger partial charge in [0, 0.05) is 17.0 Å². The van der Waals surface area contributed by atoms with Gasteiger partial charge in [0.25, 0.3) is 0 Å². The number of ketones is 2. The molecule has 0 aliphatic rings. The van der Waals surface area contributed by atoms with Crippen LogP contribution >= 0.6 is 0 Å². The summed E-state index contributed by atoms with van der Waals surface area (Å²) < 4.78 is 25.4. The lowest BCUT2D eigenvalue weighted by molar-refractivity contribution is -0.129. The van der Waals surface area contributed by atoms with Crippen LogP contribution in [0.5, 0.6) is 0 Å². The van der Waals surface area contributed by atoms with Gasteiger partial charge in [-0.15, -0.1) is 0 Å². The quantitative estimate of drug-likeness (QED) is 0.208. The number of alkyl halides is 2. The third-order valence-corrected chi connectivity index (χ3v) is 6.43. The van der Waals surface area contributed by atoms with Crippen molar-refractivity contribution in [1.29, 1.82) is 0 Å². The number of rotatable bonds is 9. The van der Waals surface area contributed by atoms with Crippen LogP contribution in [-0.2, 0) is 16.0 Å². The summed E-state index contributed by atoms with van der Waals surface area (Å²) in [7, 11) is 0. The van der Waals surface area contributed by atoms with Gasteiger partial charge in [-0.2, -0.15) is 0 Å². The summed E-state index contributed by atoms with van der Waals surface area (Å²) >= 11 is 0. The van der Waals surface area contributed by atoms with Crippen molar-refractivity contribution in [2.75, 3.05) is 0 Å². The summed E-state index contributed by atoms with van der Waals surface area (Å²) in [6.45, 7) is 29.4. The zero-order valence-corrected chi connectivity index (χ0v) is 30.6. The van der Waals surface area contributed by atoms with Crippen molar-refractivity contribution in [3.63, 3.8) is 0 Å². The van der Waals surface area contributed by atoms with Gasteiger partial charge in [-0.25, -0.2) is 8.78 Å². The van der Waals surface area contributed by atoms with Crippen molar-refractivity contribution in [3.8, 4) is 11.8 Å². The van der Waals surface area contributed by atoms with Crippen molar-refractivity contribution in [2.24, 2.45) is 11.8 Å². The first-order valence-corrected chi connectivity index (χ1v) is 16.5. The molecular weight excluding hydrogens is 550 g/mol. The number of carbonyl (C=O) groups excluding carboxylic acids is 2. The van der Waals surface area contributed by atoms with Crippen molar-refractivity contribution < 1.29 is 18.4 Å². The van der Waals surface area contributed by atoms with Crippen molar-refractivity contribution in [2.45, 2.75) is 135 Å². The summed E-state index contributed by atoms with van der Waals surface area (Å²) in [6, 6.07) is 16.6. The monoisotopic (exact) mass is 614 g/mol. The summed E-state index contributed by atoms with van der Waals surface area (Å²) in [5.41, 5.74) is 5.68. The Labute approximate surface area is 271 Å². The first-order chi connectivity index (χ1) is 20.8. The molecule has 0 saturated heterocycles. The van der Waals surface area contributed by atoms with E-state index in [-0.39, 0.29) is 11.6 Å². The summed E-state index contributed by atoms with van der Waals surface area (Å²) in [6.07, 6.45) is 4.24. The molecule has 0 aliphatic heterocycles. The van der Waals surface area contributed by atoms with Gasteiger partial charge in [0.15, 0.2) is 0 Å². The first-order valence-electron chi connectivity index (χ1n) is 16.5. The van der Waals surface area contributed by atoms with Crippen LogP contribution in [0.2, 0.25) is 0 Å². The molecule has 0 bridgehead atoms. The maximum absolute atomic E-state index is 12.7. The number of halogens is 2. The highest BCUT2D eigenvalue weighted by molar-refractivity contribution is 5.99. The predicted octanol–water partition coefficient (Wildman–Crippen LogP) is 12.4. The zero-order valence-electron chi connectivity index (χ0n) is 30.6. The number of unbranched alkanes of at least 4 members (excludes halogenated alkanes) is 1. The average Bonchev–Trinajstić information content (AvgIpc) is 3.03. The van der Waals surface area contributed by atoms with Crippen molar-refractivity contribution >= 4 is 17.1 Å². The minimum Gasteiger partial charge on any atom is -0.299 e. The molecule has 4 heteroatoms. The summed E-state index contributed by atoms with van der Waals surface area (Å²) in [5.74, 6) is 2.95. The van der Waals surface area contributed by atoms with Crippen LogP contribution in [0, 0.1) is 23.7 Å². The molecule has 1 atom stereocenters. The Hall–Kier alpha value is -3.06. The van der Waals surface area contributed by atoms with E-state index >= 15 is 0 Å². The Morgan fingerprint density at radius 1 is 0.773 bits per heavy atom. The molecule has 2 nitrogen and oxygen atoms in total. The fourth-order valence-electron chi connectivity index (χ4n) is 3.36. The standard InChI is InChI=1S/C19H18.C9H18F2.C6H10O2.3C2H6/c1-4-16-5-7-17(8-6-16)9-10-18-11-13-19(14-12-18)15(2)3;1-4-6-7-8(5-2)9(3,10)11;1-4(5(2)7)6(3)8;3*1-2/h5-8,11-14H,2,4H2,1,3H3;8H,4-7H2,1-3H3;4H,1-3H3;3*1-2H3. The minimum atomic E-state index is -2.48. The summed E-state index contributed by atoms with van der Waals surface area (Å²) in [5, 5.41) is 0. The number of allylic oxidation sites excluding steroid dienone is 1. The van der Waals surface area contributed by atoms with E-state index in [0.717, 1.165) is 48.4 Å². The molecule has 0 radical (unpaired) electrons. The molecular formula is C40H64F2O2.